The lowest BCUT2D eigenvalue weighted by Gasteiger charge is -2.26. The Morgan fingerprint density at radius 2 is 2.10 bits per heavy atom. The molecule has 1 aliphatic rings. The van der Waals surface area contributed by atoms with Gasteiger partial charge in [-0.2, -0.15) is 4.31 Å². The largest absolute Gasteiger partial charge is 0.385 e. The summed E-state index contributed by atoms with van der Waals surface area (Å²) in [6.07, 6.45) is 1.93. The lowest BCUT2D eigenvalue weighted by molar-refractivity contribution is -0.121. The van der Waals surface area contributed by atoms with Crippen LogP contribution in [-0.4, -0.2) is 74.7 Å². The van der Waals surface area contributed by atoms with Crippen molar-refractivity contribution in [1.82, 2.24) is 19.2 Å². The molecule has 0 unspecified atom stereocenters. The third-order valence-electron chi connectivity index (χ3n) is 4.53. The zero-order valence-corrected chi connectivity index (χ0v) is 18.0. The number of thiophene rings is 1. The minimum absolute atomic E-state index is 0.0215. The Bertz CT molecular complexity index is 1040. The van der Waals surface area contributed by atoms with Gasteiger partial charge in [-0.05, 0) is 13.3 Å². The fourth-order valence-electron chi connectivity index (χ4n) is 3.11. The van der Waals surface area contributed by atoms with Gasteiger partial charge in [0.15, 0.2) is 0 Å². The lowest BCUT2D eigenvalue weighted by atomic mass is 10.3. The average molecular weight is 445 g/mol. The lowest BCUT2D eigenvalue weighted by Crippen LogP contribution is -2.41. The minimum atomic E-state index is -3.87. The number of methoxy groups -OCH3 is 1. The first kappa shape index (κ1) is 21.8. The number of rotatable bonds is 8. The van der Waals surface area contributed by atoms with Crippen molar-refractivity contribution in [2.45, 2.75) is 24.8 Å². The summed E-state index contributed by atoms with van der Waals surface area (Å²) in [5.41, 5.74) is -0.543. The number of morpholine rings is 1. The molecule has 3 heterocycles. The third-order valence-corrected chi connectivity index (χ3v) is 7.74. The summed E-state index contributed by atoms with van der Waals surface area (Å²) in [5.74, 6) is -0.353. The Morgan fingerprint density at radius 3 is 2.79 bits per heavy atom. The van der Waals surface area contributed by atoms with E-state index in [9.17, 15) is 18.0 Å². The number of amides is 1. The first-order valence-electron chi connectivity index (χ1n) is 9.18. The average Bonchev–Trinajstić information content (AvgIpc) is 3.06. The molecule has 3 rings (SSSR count). The summed E-state index contributed by atoms with van der Waals surface area (Å²) in [5, 5.41) is 2.73. The third kappa shape index (κ3) is 4.67. The maximum absolute atomic E-state index is 13.2. The van der Waals surface area contributed by atoms with Crippen LogP contribution < -0.4 is 10.9 Å². The Kier molecular flexibility index (Phi) is 7.01. The van der Waals surface area contributed by atoms with Crippen LogP contribution in [-0.2, 0) is 30.8 Å². The van der Waals surface area contributed by atoms with Gasteiger partial charge < -0.3 is 14.8 Å². The van der Waals surface area contributed by atoms with E-state index in [0.29, 0.717) is 42.5 Å². The topological polar surface area (TPSA) is 120 Å². The van der Waals surface area contributed by atoms with E-state index in [1.54, 1.807) is 14.0 Å². The molecule has 1 amide bonds. The Hall–Kier alpha value is -1.86. The van der Waals surface area contributed by atoms with Crippen LogP contribution in [0.3, 0.4) is 0 Å². The van der Waals surface area contributed by atoms with Gasteiger partial charge in [-0.3, -0.25) is 14.2 Å². The van der Waals surface area contributed by atoms with Crippen molar-refractivity contribution >= 4 is 37.5 Å². The molecule has 0 aliphatic carbocycles. The van der Waals surface area contributed by atoms with Crippen LogP contribution in [0.4, 0.5) is 0 Å². The molecule has 2 aromatic heterocycles. The molecule has 0 radical (unpaired) electrons. The van der Waals surface area contributed by atoms with Crippen LogP contribution in [0.5, 0.6) is 0 Å². The van der Waals surface area contributed by atoms with Gasteiger partial charge >= 0.3 is 0 Å². The summed E-state index contributed by atoms with van der Waals surface area (Å²) >= 11 is 1.15. The highest BCUT2D eigenvalue weighted by Gasteiger charge is 2.32. The van der Waals surface area contributed by atoms with Crippen LogP contribution in [0.15, 0.2) is 16.0 Å². The number of nitrogens with one attached hydrogen (secondary N) is 1. The number of sulfonamides is 1. The number of hydrogen-bond donors (Lipinski definition) is 1. The number of ether oxygens (including phenoxy) is 2. The second kappa shape index (κ2) is 9.30. The van der Waals surface area contributed by atoms with Crippen molar-refractivity contribution in [3.8, 4) is 0 Å². The molecule has 0 bridgehead atoms. The molecule has 10 nitrogen and oxygen atoms in total. The molecule has 0 spiro atoms. The van der Waals surface area contributed by atoms with Gasteiger partial charge in [-0.15, -0.1) is 11.3 Å². The molecule has 0 saturated carbocycles. The first-order chi connectivity index (χ1) is 13.9. The van der Waals surface area contributed by atoms with Crippen molar-refractivity contribution < 1.29 is 22.7 Å². The number of hydrogen-bond acceptors (Lipinski definition) is 8. The molecular formula is C17H24N4O6S2. The maximum Gasteiger partial charge on any atom is 0.263 e. The Morgan fingerprint density at radius 1 is 1.38 bits per heavy atom. The SMILES string of the molecule is COCCCNC(=O)Cn1cnc2sc(C)c(S(=O)(=O)N3CCOCC3)c2c1=O. The van der Waals surface area contributed by atoms with E-state index in [4.69, 9.17) is 9.47 Å². The number of fused-ring (bicyclic) bond motifs is 1. The van der Waals surface area contributed by atoms with E-state index in [-0.39, 0.29) is 35.8 Å². The zero-order chi connectivity index (χ0) is 21.0. The fraction of sp³-hybridized carbons (Fsp3) is 0.588. The standard InChI is InChI=1S/C17H24N4O6S2/c1-12-15(29(24,25)21-5-8-27-9-6-21)14-16(28-12)19-11-20(17(14)23)10-13(22)18-4-3-7-26-2/h11H,3-10H2,1-2H3,(H,18,22). The molecular weight excluding hydrogens is 420 g/mol. The van der Waals surface area contributed by atoms with Crippen molar-refractivity contribution in [2.75, 3.05) is 46.6 Å². The van der Waals surface area contributed by atoms with E-state index in [2.05, 4.69) is 10.3 Å². The van der Waals surface area contributed by atoms with Crippen LogP contribution in [0.25, 0.3) is 10.2 Å². The van der Waals surface area contributed by atoms with Gasteiger partial charge in [0.2, 0.25) is 15.9 Å². The van der Waals surface area contributed by atoms with E-state index < -0.39 is 15.6 Å². The van der Waals surface area contributed by atoms with Crippen LogP contribution in [0, 0.1) is 6.92 Å². The van der Waals surface area contributed by atoms with Gasteiger partial charge in [0.05, 0.1) is 24.9 Å². The van der Waals surface area contributed by atoms with Crippen molar-refractivity contribution in [1.29, 1.82) is 0 Å². The molecule has 160 valence electrons. The molecule has 1 aliphatic heterocycles. The van der Waals surface area contributed by atoms with Gasteiger partial charge in [-0.1, -0.05) is 0 Å². The predicted molar refractivity (Wildman–Crippen MR) is 108 cm³/mol. The van der Waals surface area contributed by atoms with Crippen molar-refractivity contribution in [2.24, 2.45) is 0 Å². The fourth-order valence-corrected chi connectivity index (χ4v) is 6.18. The smallest absolute Gasteiger partial charge is 0.263 e. The quantitative estimate of drug-likeness (QED) is 0.567. The van der Waals surface area contributed by atoms with Crippen molar-refractivity contribution in [3.05, 3.63) is 21.6 Å². The van der Waals surface area contributed by atoms with E-state index in [1.165, 1.54) is 10.6 Å². The Balaban J connectivity index is 1.92. The number of carbonyl (C=O) groups is 1. The molecule has 1 saturated heterocycles. The minimum Gasteiger partial charge on any atom is -0.385 e. The molecule has 2 aromatic rings. The number of carbonyl (C=O) groups excluding carboxylic acids is 1. The highest BCUT2D eigenvalue weighted by Crippen LogP contribution is 2.33. The highest BCUT2D eigenvalue weighted by atomic mass is 32.2. The number of aromatic nitrogens is 2. The summed E-state index contributed by atoms with van der Waals surface area (Å²) in [7, 11) is -2.29. The second-order valence-electron chi connectivity index (χ2n) is 6.56. The first-order valence-corrected chi connectivity index (χ1v) is 11.4. The molecule has 29 heavy (non-hydrogen) atoms. The van der Waals surface area contributed by atoms with Gasteiger partial charge in [0, 0.05) is 38.2 Å². The molecule has 0 atom stereocenters. The van der Waals surface area contributed by atoms with Crippen LogP contribution >= 0.6 is 11.3 Å². The zero-order valence-electron chi connectivity index (χ0n) is 16.3. The maximum atomic E-state index is 13.2. The summed E-state index contributed by atoms with van der Waals surface area (Å²) in [6, 6.07) is 0. The van der Waals surface area contributed by atoms with Crippen molar-refractivity contribution in [3.63, 3.8) is 0 Å². The highest BCUT2D eigenvalue weighted by molar-refractivity contribution is 7.89. The normalized spacial score (nSPS) is 15.7. The van der Waals surface area contributed by atoms with Gasteiger partial charge in [0.1, 0.15) is 16.3 Å². The number of nitrogens with zero attached hydrogens (tertiary/aromatic N) is 3. The number of aryl methyl sites for hydroxylation is 1. The molecule has 12 heteroatoms. The monoisotopic (exact) mass is 444 g/mol. The van der Waals surface area contributed by atoms with E-state index >= 15 is 0 Å². The summed E-state index contributed by atoms with van der Waals surface area (Å²) in [4.78, 5) is 30.2. The molecule has 1 fully saturated rings. The second-order valence-corrected chi connectivity index (χ2v) is 9.64. The van der Waals surface area contributed by atoms with Gasteiger partial charge in [-0.25, -0.2) is 13.4 Å². The summed E-state index contributed by atoms with van der Waals surface area (Å²) < 4.78 is 39.0. The van der Waals surface area contributed by atoms with Crippen LogP contribution in [0.2, 0.25) is 0 Å². The molecule has 0 aromatic carbocycles. The van der Waals surface area contributed by atoms with Crippen LogP contribution in [0.1, 0.15) is 11.3 Å². The summed E-state index contributed by atoms with van der Waals surface area (Å²) in [6.45, 7) is 3.45. The van der Waals surface area contributed by atoms with E-state index in [1.807, 2.05) is 0 Å². The Labute approximate surface area is 172 Å². The van der Waals surface area contributed by atoms with Gasteiger partial charge in [0.25, 0.3) is 5.56 Å². The van der Waals surface area contributed by atoms with E-state index in [0.717, 1.165) is 15.9 Å². The molecule has 1 N–H and O–H groups in total. The predicted octanol–water partition coefficient (Wildman–Crippen LogP) is -0.0600.